The third kappa shape index (κ3) is 3.72. The van der Waals surface area contributed by atoms with Gasteiger partial charge < -0.3 is 9.47 Å². The molecule has 0 aromatic heterocycles. The minimum atomic E-state index is -0.999. The summed E-state index contributed by atoms with van der Waals surface area (Å²) in [5, 5.41) is 11.3. The Hall–Kier alpha value is -4.79. The third-order valence-electron chi connectivity index (χ3n) is 7.88. The number of aryl methyl sites for hydroxylation is 2. The van der Waals surface area contributed by atoms with Gasteiger partial charge in [0.05, 0.1) is 35.5 Å². The average molecular weight is 525 g/mol. The van der Waals surface area contributed by atoms with Gasteiger partial charge in [-0.05, 0) is 60.4 Å². The molecule has 0 N–H and O–H groups in total. The molecule has 196 valence electrons. The molecular formula is C30H24N2O7. The predicted molar refractivity (Wildman–Crippen MR) is 141 cm³/mol. The lowest BCUT2D eigenvalue weighted by atomic mass is 9.64. The first-order valence-corrected chi connectivity index (χ1v) is 12.5. The number of ether oxygens (including phenoxy) is 2. The SMILES string of the molecule is COc1ccc([C@@H]2C=C3c4ccc(C)cc4OC(=O)[C@@H]3[C@@H]3C(=O)N(c4ccc([N+](=O)[O-])cc4C)C(=O)[C@H]32)cc1. The molecule has 2 amide bonds. The number of hydrogen-bond acceptors (Lipinski definition) is 7. The summed E-state index contributed by atoms with van der Waals surface area (Å²) in [5.74, 6) is -3.82. The van der Waals surface area contributed by atoms with E-state index in [4.69, 9.17) is 9.47 Å². The first-order chi connectivity index (χ1) is 18.7. The maximum absolute atomic E-state index is 14.1. The molecule has 0 unspecified atom stereocenters. The molecule has 1 saturated heterocycles. The standard InChI is InChI=1S/C30H24N2O7/c1-15-4-10-20-22-14-21(17-5-8-19(38-3)9-6-17)25-27(26(22)30(35)39-24(20)12-15)29(34)31(28(25)33)23-11-7-18(32(36)37)13-16(23)2/h4-14,21,25-27H,1-3H3/t21-,25-,26-,27+/m0/s1. The molecule has 6 rings (SSSR count). The second kappa shape index (κ2) is 8.90. The lowest BCUT2D eigenvalue weighted by molar-refractivity contribution is -0.384. The van der Waals surface area contributed by atoms with Gasteiger partial charge in [-0.15, -0.1) is 0 Å². The van der Waals surface area contributed by atoms with E-state index in [1.807, 2.05) is 37.3 Å². The summed E-state index contributed by atoms with van der Waals surface area (Å²) in [4.78, 5) is 53.4. The summed E-state index contributed by atoms with van der Waals surface area (Å²) in [6, 6.07) is 16.9. The molecule has 9 heteroatoms. The predicted octanol–water partition coefficient (Wildman–Crippen LogP) is 4.74. The summed E-state index contributed by atoms with van der Waals surface area (Å²) in [6.45, 7) is 3.51. The quantitative estimate of drug-likeness (QED) is 0.159. The van der Waals surface area contributed by atoms with E-state index in [1.54, 1.807) is 32.2 Å². The van der Waals surface area contributed by atoms with Crippen LogP contribution < -0.4 is 14.4 Å². The number of fused-ring (bicyclic) bond motifs is 5. The zero-order valence-electron chi connectivity index (χ0n) is 21.4. The first-order valence-electron chi connectivity index (χ1n) is 12.5. The number of allylic oxidation sites excluding steroid dienone is 1. The summed E-state index contributed by atoms with van der Waals surface area (Å²) in [5.41, 5.74) is 3.63. The smallest absolute Gasteiger partial charge is 0.319 e. The molecule has 0 bridgehead atoms. The number of non-ortho nitro benzene ring substituents is 1. The lowest BCUT2D eigenvalue weighted by Crippen LogP contribution is -2.42. The monoisotopic (exact) mass is 524 g/mol. The minimum absolute atomic E-state index is 0.143. The zero-order chi connectivity index (χ0) is 27.6. The van der Waals surface area contributed by atoms with E-state index >= 15 is 0 Å². The summed E-state index contributed by atoms with van der Waals surface area (Å²) in [7, 11) is 1.56. The number of carbonyl (C=O) groups excluding carboxylic acids is 3. The van der Waals surface area contributed by atoms with Crippen LogP contribution in [0, 0.1) is 41.7 Å². The molecule has 9 nitrogen and oxygen atoms in total. The number of esters is 1. The van der Waals surface area contributed by atoms with Gasteiger partial charge in [0.15, 0.2) is 0 Å². The molecule has 1 aliphatic carbocycles. The third-order valence-corrected chi connectivity index (χ3v) is 7.88. The van der Waals surface area contributed by atoms with Crippen molar-refractivity contribution in [2.24, 2.45) is 17.8 Å². The molecule has 1 fully saturated rings. The van der Waals surface area contributed by atoms with Crippen LogP contribution in [-0.2, 0) is 14.4 Å². The van der Waals surface area contributed by atoms with Crippen molar-refractivity contribution in [2.45, 2.75) is 19.8 Å². The maximum atomic E-state index is 14.1. The summed E-state index contributed by atoms with van der Waals surface area (Å²) < 4.78 is 11.0. The van der Waals surface area contributed by atoms with Crippen LogP contribution in [0.4, 0.5) is 11.4 Å². The molecule has 3 aromatic carbocycles. The summed E-state index contributed by atoms with van der Waals surface area (Å²) >= 11 is 0. The highest BCUT2D eigenvalue weighted by Crippen LogP contribution is 2.55. The number of anilines is 1. The largest absolute Gasteiger partial charge is 0.497 e. The molecule has 3 aromatic rings. The fraction of sp³-hybridized carbons (Fsp3) is 0.233. The fourth-order valence-electron chi connectivity index (χ4n) is 6.06. The van der Waals surface area contributed by atoms with E-state index in [9.17, 15) is 24.5 Å². The molecule has 0 saturated carbocycles. The molecule has 39 heavy (non-hydrogen) atoms. The van der Waals surface area contributed by atoms with Gasteiger partial charge in [-0.1, -0.05) is 30.3 Å². The zero-order valence-corrected chi connectivity index (χ0v) is 21.4. The van der Waals surface area contributed by atoms with Crippen molar-refractivity contribution >= 4 is 34.7 Å². The molecular weight excluding hydrogens is 500 g/mol. The number of methoxy groups -OCH3 is 1. The maximum Gasteiger partial charge on any atom is 0.319 e. The van der Waals surface area contributed by atoms with E-state index in [-0.39, 0.29) is 11.4 Å². The number of benzene rings is 3. The van der Waals surface area contributed by atoms with E-state index in [0.717, 1.165) is 16.0 Å². The summed E-state index contributed by atoms with van der Waals surface area (Å²) in [6.07, 6.45) is 1.92. The van der Waals surface area contributed by atoms with Crippen LogP contribution in [0.3, 0.4) is 0 Å². The minimum Gasteiger partial charge on any atom is -0.497 e. The van der Waals surface area contributed by atoms with Crippen molar-refractivity contribution in [1.82, 2.24) is 0 Å². The van der Waals surface area contributed by atoms with Gasteiger partial charge in [-0.3, -0.25) is 24.5 Å². The topological polar surface area (TPSA) is 116 Å². The normalized spacial score (nSPS) is 23.4. The number of rotatable bonds is 4. The van der Waals surface area contributed by atoms with Crippen LogP contribution in [0.2, 0.25) is 0 Å². The second-order valence-electron chi connectivity index (χ2n) is 10.1. The molecule has 0 radical (unpaired) electrons. The molecule has 0 spiro atoms. The molecule has 4 atom stereocenters. The highest BCUT2D eigenvalue weighted by Gasteiger charge is 2.60. The van der Waals surface area contributed by atoms with Crippen LogP contribution in [0.5, 0.6) is 11.5 Å². The Balaban J connectivity index is 1.53. The van der Waals surface area contributed by atoms with E-state index in [0.29, 0.717) is 28.2 Å². The lowest BCUT2D eigenvalue weighted by Gasteiger charge is -2.38. The van der Waals surface area contributed by atoms with Gasteiger partial charge in [-0.2, -0.15) is 0 Å². The van der Waals surface area contributed by atoms with Gasteiger partial charge in [0.2, 0.25) is 11.8 Å². The van der Waals surface area contributed by atoms with Gasteiger partial charge in [0, 0.05) is 23.6 Å². The van der Waals surface area contributed by atoms with Crippen molar-refractivity contribution in [3.05, 3.63) is 99.1 Å². The van der Waals surface area contributed by atoms with E-state index < -0.39 is 46.4 Å². The van der Waals surface area contributed by atoms with Gasteiger partial charge >= 0.3 is 5.97 Å². The van der Waals surface area contributed by atoms with Crippen LogP contribution in [0.25, 0.3) is 5.57 Å². The number of amides is 2. The Bertz CT molecular complexity index is 1610. The Morgan fingerprint density at radius 1 is 0.923 bits per heavy atom. The number of hydrogen-bond donors (Lipinski definition) is 0. The number of carbonyl (C=O) groups is 3. The van der Waals surface area contributed by atoms with Crippen molar-refractivity contribution in [3.63, 3.8) is 0 Å². The highest BCUT2D eigenvalue weighted by atomic mass is 16.6. The molecule has 2 heterocycles. The van der Waals surface area contributed by atoms with Crippen LogP contribution in [-0.4, -0.2) is 29.8 Å². The first kappa shape index (κ1) is 24.5. The van der Waals surface area contributed by atoms with Gasteiger partial charge in [0.1, 0.15) is 11.5 Å². The van der Waals surface area contributed by atoms with Crippen molar-refractivity contribution in [2.75, 3.05) is 12.0 Å². The Labute approximate surface area is 223 Å². The Morgan fingerprint density at radius 3 is 2.31 bits per heavy atom. The molecule has 2 aliphatic heterocycles. The van der Waals surface area contributed by atoms with Crippen molar-refractivity contribution in [3.8, 4) is 11.5 Å². The second-order valence-corrected chi connectivity index (χ2v) is 10.1. The van der Waals surface area contributed by atoms with Gasteiger partial charge in [-0.25, -0.2) is 4.90 Å². The van der Waals surface area contributed by atoms with E-state index in [1.165, 1.54) is 18.2 Å². The van der Waals surface area contributed by atoms with Gasteiger partial charge in [0.25, 0.3) is 5.69 Å². The highest BCUT2D eigenvalue weighted by molar-refractivity contribution is 6.25. The Kier molecular flexibility index (Phi) is 5.60. The van der Waals surface area contributed by atoms with E-state index in [2.05, 4.69) is 0 Å². The average Bonchev–Trinajstić information content (AvgIpc) is 3.17. The van der Waals surface area contributed by atoms with Crippen LogP contribution in [0.15, 0.2) is 66.7 Å². The molecule has 3 aliphatic rings. The Morgan fingerprint density at radius 2 is 1.64 bits per heavy atom. The van der Waals surface area contributed by atoms with Crippen molar-refractivity contribution < 1.29 is 28.8 Å². The number of nitrogens with zero attached hydrogens (tertiary/aromatic N) is 2. The number of imide groups is 1. The van der Waals surface area contributed by atoms with Crippen molar-refractivity contribution in [1.29, 1.82) is 0 Å². The number of nitro benzene ring substituents is 1. The number of nitro groups is 1. The van der Waals surface area contributed by atoms with Crippen LogP contribution in [0.1, 0.15) is 28.2 Å². The fourth-order valence-corrected chi connectivity index (χ4v) is 6.06. The van der Waals surface area contributed by atoms with Crippen LogP contribution >= 0.6 is 0 Å².